The van der Waals surface area contributed by atoms with E-state index in [-0.39, 0.29) is 24.2 Å². The highest BCUT2D eigenvalue weighted by molar-refractivity contribution is 5.97. The number of likely N-dealkylation sites (tertiary alicyclic amines) is 1. The van der Waals surface area contributed by atoms with Crippen LogP contribution in [0.2, 0.25) is 0 Å². The molecule has 1 fully saturated rings. The second-order valence-corrected chi connectivity index (χ2v) is 6.58. The summed E-state index contributed by atoms with van der Waals surface area (Å²) in [5.74, 6) is 1.39. The van der Waals surface area contributed by atoms with Crippen molar-refractivity contribution in [2.45, 2.75) is 13.0 Å². The Morgan fingerprint density at radius 2 is 1.75 bits per heavy atom. The van der Waals surface area contributed by atoms with Gasteiger partial charge >= 0.3 is 0 Å². The van der Waals surface area contributed by atoms with Gasteiger partial charge in [0.2, 0.25) is 11.8 Å². The fraction of sp³-hybridized carbons (Fsp3) is 0.333. The summed E-state index contributed by atoms with van der Waals surface area (Å²) in [4.78, 5) is 26.6. The highest BCUT2D eigenvalue weighted by atomic mass is 16.5. The van der Waals surface area contributed by atoms with Crippen LogP contribution in [0.15, 0.2) is 42.5 Å². The SMILES string of the molecule is COc1ccc(NC(=O)C2CC(=O)N(Cc3ccc(OC)c(OC)c3)C2)cc1. The summed E-state index contributed by atoms with van der Waals surface area (Å²) in [5.41, 5.74) is 1.60. The Hall–Kier alpha value is -3.22. The second kappa shape index (κ2) is 8.65. The molecular weight excluding hydrogens is 360 g/mol. The lowest BCUT2D eigenvalue weighted by Crippen LogP contribution is -2.28. The summed E-state index contributed by atoms with van der Waals surface area (Å²) < 4.78 is 15.7. The Labute approximate surface area is 164 Å². The van der Waals surface area contributed by atoms with Crippen LogP contribution in [0.25, 0.3) is 0 Å². The molecule has 2 amide bonds. The molecule has 148 valence electrons. The molecule has 1 N–H and O–H groups in total. The van der Waals surface area contributed by atoms with Crippen molar-refractivity contribution < 1.29 is 23.8 Å². The second-order valence-electron chi connectivity index (χ2n) is 6.58. The summed E-state index contributed by atoms with van der Waals surface area (Å²) in [6, 6.07) is 12.6. The number of amides is 2. The van der Waals surface area contributed by atoms with Crippen molar-refractivity contribution in [2.75, 3.05) is 33.2 Å². The first-order chi connectivity index (χ1) is 13.5. The number of methoxy groups -OCH3 is 3. The summed E-state index contributed by atoms with van der Waals surface area (Å²) in [6.07, 6.45) is 0.204. The third-order valence-corrected chi connectivity index (χ3v) is 4.76. The highest BCUT2D eigenvalue weighted by Gasteiger charge is 2.34. The lowest BCUT2D eigenvalue weighted by Gasteiger charge is -2.18. The molecule has 1 unspecified atom stereocenters. The zero-order valence-electron chi connectivity index (χ0n) is 16.2. The molecule has 3 rings (SSSR count). The maximum absolute atomic E-state index is 12.5. The van der Waals surface area contributed by atoms with Crippen molar-refractivity contribution in [3.8, 4) is 17.2 Å². The van der Waals surface area contributed by atoms with Gasteiger partial charge in [0.15, 0.2) is 11.5 Å². The number of carbonyl (C=O) groups is 2. The van der Waals surface area contributed by atoms with E-state index < -0.39 is 0 Å². The van der Waals surface area contributed by atoms with Crippen LogP contribution >= 0.6 is 0 Å². The van der Waals surface area contributed by atoms with Crippen molar-refractivity contribution in [2.24, 2.45) is 5.92 Å². The molecule has 1 aliphatic heterocycles. The predicted octanol–water partition coefficient (Wildman–Crippen LogP) is 2.70. The van der Waals surface area contributed by atoms with Gasteiger partial charge in [0, 0.05) is 25.2 Å². The Bertz CT molecular complexity index is 850. The molecule has 1 saturated heterocycles. The van der Waals surface area contributed by atoms with Crippen LogP contribution in [0.5, 0.6) is 17.2 Å². The van der Waals surface area contributed by atoms with E-state index in [0.717, 1.165) is 11.3 Å². The van der Waals surface area contributed by atoms with Crippen LogP contribution in [0, 0.1) is 5.92 Å². The molecule has 7 nitrogen and oxygen atoms in total. The quantitative estimate of drug-likeness (QED) is 0.794. The Balaban J connectivity index is 1.62. The number of rotatable bonds is 7. The van der Waals surface area contributed by atoms with E-state index in [1.165, 1.54) is 0 Å². The number of benzene rings is 2. The van der Waals surface area contributed by atoms with E-state index in [9.17, 15) is 9.59 Å². The lowest BCUT2D eigenvalue weighted by molar-refractivity contribution is -0.128. The molecule has 1 aliphatic rings. The lowest BCUT2D eigenvalue weighted by atomic mass is 10.1. The fourth-order valence-corrected chi connectivity index (χ4v) is 3.22. The molecule has 0 aliphatic carbocycles. The molecule has 2 aromatic carbocycles. The largest absolute Gasteiger partial charge is 0.497 e. The van der Waals surface area contributed by atoms with Gasteiger partial charge in [0.05, 0.1) is 27.2 Å². The summed E-state index contributed by atoms with van der Waals surface area (Å²) >= 11 is 0. The van der Waals surface area contributed by atoms with Crippen molar-refractivity contribution >= 4 is 17.5 Å². The van der Waals surface area contributed by atoms with Crippen molar-refractivity contribution in [1.82, 2.24) is 4.90 Å². The highest BCUT2D eigenvalue weighted by Crippen LogP contribution is 2.29. The molecule has 28 heavy (non-hydrogen) atoms. The standard InChI is InChI=1S/C21H24N2O5/c1-26-17-7-5-16(6-8-17)22-21(25)15-11-20(24)23(13-15)12-14-4-9-18(27-2)19(10-14)28-3/h4-10,15H,11-13H2,1-3H3,(H,22,25). The molecule has 7 heteroatoms. The molecule has 1 atom stereocenters. The van der Waals surface area contributed by atoms with Crippen LogP contribution in [-0.2, 0) is 16.1 Å². The summed E-state index contributed by atoms with van der Waals surface area (Å²) in [6.45, 7) is 0.806. The van der Waals surface area contributed by atoms with Crippen LogP contribution in [0.3, 0.4) is 0 Å². The molecular formula is C21H24N2O5. The van der Waals surface area contributed by atoms with Gasteiger partial charge in [-0.05, 0) is 42.0 Å². The van der Waals surface area contributed by atoms with Crippen molar-refractivity contribution in [3.05, 3.63) is 48.0 Å². The first-order valence-corrected chi connectivity index (χ1v) is 8.97. The molecule has 2 aromatic rings. The Morgan fingerprint density at radius 3 is 2.39 bits per heavy atom. The van der Waals surface area contributed by atoms with Gasteiger partial charge in [-0.1, -0.05) is 6.07 Å². The molecule has 0 spiro atoms. The first kappa shape index (κ1) is 19.5. The fourth-order valence-electron chi connectivity index (χ4n) is 3.22. The zero-order chi connectivity index (χ0) is 20.1. The smallest absolute Gasteiger partial charge is 0.229 e. The van der Waals surface area contributed by atoms with E-state index in [1.54, 1.807) is 50.5 Å². The number of nitrogens with zero attached hydrogens (tertiary/aromatic N) is 1. The molecule has 0 bridgehead atoms. The molecule has 0 aromatic heterocycles. The van der Waals surface area contributed by atoms with Gasteiger partial charge in [0.25, 0.3) is 0 Å². The minimum atomic E-state index is -0.380. The normalized spacial score (nSPS) is 16.0. The third-order valence-electron chi connectivity index (χ3n) is 4.76. The Morgan fingerprint density at radius 1 is 1.04 bits per heavy atom. The predicted molar refractivity (Wildman–Crippen MR) is 105 cm³/mol. The summed E-state index contributed by atoms with van der Waals surface area (Å²) in [7, 11) is 4.74. The number of anilines is 1. The summed E-state index contributed by atoms with van der Waals surface area (Å²) in [5, 5.41) is 2.86. The number of hydrogen-bond donors (Lipinski definition) is 1. The molecule has 0 saturated carbocycles. The van der Waals surface area contributed by atoms with E-state index >= 15 is 0 Å². The van der Waals surface area contributed by atoms with E-state index in [1.807, 2.05) is 18.2 Å². The topological polar surface area (TPSA) is 77.1 Å². The van der Waals surface area contributed by atoms with Crippen molar-refractivity contribution in [1.29, 1.82) is 0 Å². The average molecular weight is 384 g/mol. The first-order valence-electron chi connectivity index (χ1n) is 8.97. The number of hydrogen-bond acceptors (Lipinski definition) is 5. The third kappa shape index (κ3) is 4.36. The van der Waals surface area contributed by atoms with E-state index in [2.05, 4.69) is 5.32 Å². The van der Waals surface area contributed by atoms with Gasteiger partial charge in [-0.15, -0.1) is 0 Å². The minimum absolute atomic E-state index is 0.0373. The average Bonchev–Trinajstić information content (AvgIpc) is 3.09. The van der Waals surface area contributed by atoms with Gasteiger partial charge in [-0.3, -0.25) is 9.59 Å². The van der Waals surface area contributed by atoms with E-state index in [0.29, 0.717) is 30.3 Å². The number of nitrogens with one attached hydrogen (secondary N) is 1. The van der Waals surface area contributed by atoms with Crippen LogP contribution in [0.1, 0.15) is 12.0 Å². The maximum atomic E-state index is 12.5. The van der Waals surface area contributed by atoms with Crippen LogP contribution < -0.4 is 19.5 Å². The number of ether oxygens (including phenoxy) is 3. The zero-order valence-corrected chi connectivity index (χ0v) is 16.2. The number of carbonyl (C=O) groups excluding carboxylic acids is 2. The maximum Gasteiger partial charge on any atom is 0.229 e. The van der Waals surface area contributed by atoms with Crippen molar-refractivity contribution in [3.63, 3.8) is 0 Å². The monoisotopic (exact) mass is 384 g/mol. The van der Waals surface area contributed by atoms with Gasteiger partial charge in [-0.25, -0.2) is 0 Å². The van der Waals surface area contributed by atoms with Gasteiger partial charge in [-0.2, -0.15) is 0 Å². The van der Waals surface area contributed by atoms with Crippen LogP contribution in [-0.4, -0.2) is 44.6 Å². The van der Waals surface area contributed by atoms with Crippen LogP contribution in [0.4, 0.5) is 5.69 Å². The Kier molecular flexibility index (Phi) is 6.03. The molecule has 0 radical (unpaired) electrons. The van der Waals surface area contributed by atoms with E-state index in [4.69, 9.17) is 14.2 Å². The van der Waals surface area contributed by atoms with Gasteiger partial charge < -0.3 is 24.4 Å². The molecule has 1 heterocycles. The van der Waals surface area contributed by atoms with Gasteiger partial charge in [0.1, 0.15) is 5.75 Å². The minimum Gasteiger partial charge on any atom is -0.497 e.